The Morgan fingerprint density at radius 3 is 2.59 bits per heavy atom. The number of hydrogen-bond acceptors (Lipinski definition) is 2. The van der Waals surface area contributed by atoms with E-state index in [1.165, 1.54) is 47.1 Å². The number of hydrogen-bond donors (Lipinski definition) is 1. The van der Waals surface area contributed by atoms with Crippen LogP contribution in [-0.2, 0) is 13.0 Å². The predicted molar refractivity (Wildman–Crippen MR) is 136 cm³/mol. The number of carbonyl (C=O) groups excluding carboxylic acids is 1. The van der Waals surface area contributed by atoms with Gasteiger partial charge in [-0.15, -0.1) is 0 Å². The zero-order chi connectivity index (χ0) is 23.6. The van der Waals surface area contributed by atoms with Gasteiger partial charge in [-0.25, -0.2) is 0 Å². The molecule has 1 aromatic heterocycles. The van der Waals surface area contributed by atoms with Crippen LogP contribution in [0.4, 0.5) is 0 Å². The lowest BCUT2D eigenvalue weighted by molar-refractivity contribution is -0.103. The SMILES string of the molecule is Cc1ccc(Cn2nc(C(=O)NCC3CCC4CC3C4(C)C)c3c2-c2ccc(C)cc2C3)cc1. The molecule has 3 aromatic rings. The van der Waals surface area contributed by atoms with Crippen LogP contribution < -0.4 is 5.32 Å². The molecular formula is C30H35N3O. The highest BCUT2D eigenvalue weighted by molar-refractivity contribution is 5.97. The average Bonchev–Trinajstić information content (AvgIpc) is 3.36. The van der Waals surface area contributed by atoms with Gasteiger partial charge in [-0.3, -0.25) is 9.48 Å². The smallest absolute Gasteiger partial charge is 0.272 e. The number of aromatic nitrogens is 2. The summed E-state index contributed by atoms with van der Waals surface area (Å²) in [4.78, 5) is 13.5. The highest BCUT2D eigenvalue weighted by Crippen LogP contribution is 2.61. The summed E-state index contributed by atoms with van der Waals surface area (Å²) < 4.78 is 2.05. The molecule has 3 fully saturated rings. The third-order valence-electron chi connectivity index (χ3n) is 9.13. The minimum atomic E-state index is -0.0114. The van der Waals surface area contributed by atoms with Crippen LogP contribution in [0.2, 0.25) is 0 Å². The van der Waals surface area contributed by atoms with Gasteiger partial charge in [0, 0.05) is 24.1 Å². The summed E-state index contributed by atoms with van der Waals surface area (Å²) in [5.74, 6) is 2.20. The third kappa shape index (κ3) is 3.41. The molecule has 0 radical (unpaired) electrons. The van der Waals surface area contributed by atoms with Crippen LogP contribution in [0.1, 0.15) is 71.4 Å². The van der Waals surface area contributed by atoms with Crippen molar-refractivity contribution >= 4 is 5.91 Å². The number of benzene rings is 2. The van der Waals surface area contributed by atoms with Crippen LogP contribution in [0.3, 0.4) is 0 Å². The van der Waals surface area contributed by atoms with Gasteiger partial charge in [0.05, 0.1) is 12.2 Å². The first-order chi connectivity index (χ1) is 16.3. The van der Waals surface area contributed by atoms with Gasteiger partial charge in [0.2, 0.25) is 0 Å². The van der Waals surface area contributed by atoms with E-state index in [1.807, 2.05) is 0 Å². The summed E-state index contributed by atoms with van der Waals surface area (Å²) in [6.45, 7) is 10.5. The van der Waals surface area contributed by atoms with Gasteiger partial charge in [0.25, 0.3) is 5.91 Å². The van der Waals surface area contributed by atoms with E-state index < -0.39 is 0 Å². The van der Waals surface area contributed by atoms with E-state index >= 15 is 0 Å². The maximum Gasteiger partial charge on any atom is 0.272 e. The fraction of sp³-hybridized carbons (Fsp3) is 0.467. The van der Waals surface area contributed by atoms with Crippen molar-refractivity contribution in [1.29, 1.82) is 0 Å². The fourth-order valence-electron chi connectivity index (χ4n) is 6.94. The van der Waals surface area contributed by atoms with E-state index in [0.717, 1.165) is 36.1 Å². The first-order valence-electron chi connectivity index (χ1n) is 12.8. The molecule has 7 rings (SSSR count). The van der Waals surface area contributed by atoms with Gasteiger partial charge in [-0.2, -0.15) is 5.10 Å². The average molecular weight is 454 g/mol. The molecule has 34 heavy (non-hydrogen) atoms. The Morgan fingerprint density at radius 1 is 1.09 bits per heavy atom. The van der Waals surface area contributed by atoms with E-state index in [1.54, 1.807) is 0 Å². The highest BCUT2D eigenvalue weighted by Gasteiger charge is 2.54. The Morgan fingerprint density at radius 2 is 1.85 bits per heavy atom. The number of nitrogens with zero attached hydrogens (tertiary/aromatic N) is 2. The predicted octanol–water partition coefficient (Wildman–Crippen LogP) is 5.92. The Hall–Kier alpha value is -2.88. The minimum Gasteiger partial charge on any atom is -0.350 e. The molecule has 2 bridgehead atoms. The van der Waals surface area contributed by atoms with Gasteiger partial charge in [0.15, 0.2) is 5.69 Å². The van der Waals surface area contributed by atoms with Gasteiger partial charge < -0.3 is 5.32 Å². The quantitative estimate of drug-likeness (QED) is 0.408. The van der Waals surface area contributed by atoms with Gasteiger partial charge in [-0.05, 0) is 67.4 Å². The zero-order valence-corrected chi connectivity index (χ0v) is 20.8. The van der Waals surface area contributed by atoms with Crippen molar-refractivity contribution in [3.05, 3.63) is 76.0 Å². The van der Waals surface area contributed by atoms with Gasteiger partial charge in [-0.1, -0.05) is 67.4 Å². The van der Waals surface area contributed by atoms with Gasteiger partial charge in [0.1, 0.15) is 0 Å². The lowest BCUT2D eigenvalue weighted by atomic mass is 9.45. The van der Waals surface area contributed by atoms with Crippen molar-refractivity contribution in [3.63, 3.8) is 0 Å². The summed E-state index contributed by atoms with van der Waals surface area (Å²) in [5.41, 5.74) is 9.46. The van der Waals surface area contributed by atoms with Gasteiger partial charge >= 0.3 is 0 Å². The molecule has 1 heterocycles. The van der Waals surface area contributed by atoms with Crippen molar-refractivity contribution in [3.8, 4) is 11.3 Å². The fourth-order valence-corrected chi connectivity index (χ4v) is 6.94. The van der Waals surface area contributed by atoms with E-state index in [-0.39, 0.29) is 5.91 Å². The molecule has 0 saturated heterocycles. The van der Waals surface area contributed by atoms with Crippen molar-refractivity contribution in [2.75, 3.05) is 6.54 Å². The number of carbonyl (C=O) groups is 1. The van der Waals surface area contributed by atoms with Crippen LogP contribution >= 0.6 is 0 Å². The number of amides is 1. The summed E-state index contributed by atoms with van der Waals surface area (Å²) >= 11 is 0. The molecule has 4 nitrogen and oxygen atoms in total. The standard InChI is InChI=1S/C30H35N3O/c1-18-5-8-20(9-6-18)17-33-28-24-12-7-19(2)13-22(24)14-25(28)27(32-33)29(34)31-16-21-10-11-23-15-26(21)30(23,3)4/h5-9,12-13,21,23,26H,10-11,14-17H2,1-4H3,(H,31,34). The molecule has 1 N–H and O–H groups in total. The molecule has 0 spiro atoms. The molecule has 1 amide bonds. The largest absolute Gasteiger partial charge is 0.350 e. The minimum absolute atomic E-state index is 0.0114. The molecule has 3 saturated carbocycles. The highest BCUT2D eigenvalue weighted by atomic mass is 16.2. The van der Waals surface area contributed by atoms with Crippen LogP contribution in [0, 0.1) is 37.0 Å². The molecule has 0 aliphatic heterocycles. The Balaban J connectivity index is 1.28. The topological polar surface area (TPSA) is 46.9 Å². The number of nitrogens with one attached hydrogen (secondary N) is 1. The molecule has 3 unspecified atom stereocenters. The van der Waals surface area contributed by atoms with Crippen LogP contribution in [0.15, 0.2) is 42.5 Å². The Labute approximate surface area is 202 Å². The molecule has 4 heteroatoms. The molecule has 4 aliphatic carbocycles. The first-order valence-corrected chi connectivity index (χ1v) is 12.8. The summed E-state index contributed by atoms with van der Waals surface area (Å²) in [6, 6.07) is 15.2. The number of aryl methyl sites for hydroxylation is 2. The lowest BCUT2D eigenvalue weighted by Crippen LogP contribution is -2.54. The molecule has 176 valence electrons. The van der Waals surface area contributed by atoms with Crippen molar-refractivity contribution in [2.45, 2.75) is 59.9 Å². The summed E-state index contributed by atoms with van der Waals surface area (Å²) in [5, 5.41) is 8.20. The second-order valence-electron chi connectivity index (χ2n) is 11.6. The maximum atomic E-state index is 13.5. The van der Waals surface area contributed by atoms with Crippen molar-refractivity contribution in [1.82, 2.24) is 15.1 Å². The molecule has 2 aromatic carbocycles. The Bertz CT molecular complexity index is 1260. The lowest BCUT2D eigenvalue weighted by Gasteiger charge is -2.60. The van der Waals surface area contributed by atoms with Crippen LogP contribution in [0.5, 0.6) is 0 Å². The van der Waals surface area contributed by atoms with Crippen molar-refractivity contribution in [2.24, 2.45) is 23.2 Å². The van der Waals surface area contributed by atoms with Crippen LogP contribution in [0.25, 0.3) is 11.3 Å². The first kappa shape index (κ1) is 21.6. The molecule has 4 aliphatic rings. The number of fused-ring (bicyclic) bond motifs is 5. The van der Waals surface area contributed by atoms with Crippen molar-refractivity contribution < 1.29 is 4.79 Å². The normalized spacial score (nSPS) is 23.7. The van der Waals surface area contributed by atoms with Crippen LogP contribution in [-0.4, -0.2) is 22.2 Å². The second-order valence-corrected chi connectivity index (χ2v) is 11.6. The molecular weight excluding hydrogens is 418 g/mol. The summed E-state index contributed by atoms with van der Waals surface area (Å²) in [7, 11) is 0. The monoisotopic (exact) mass is 453 g/mol. The van der Waals surface area contributed by atoms with E-state index in [0.29, 0.717) is 23.6 Å². The van der Waals surface area contributed by atoms with E-state index in [9.17, 15) is 4.79 Å². The second kappa shape index (κ2) is 7.83. The third-order valence-corrected chi connectivity index (χ3v) is 9.13. The summed E-state index contributed by atoms with van der Waals surface area (Å²) in [6.07, 6.45) is 4.66. The zero-order valence-electron chi connectivity index (χ0n) is 20.8. The maximum absolute atomic E-state index is 13.5. The Kier molecular flexibility index (Phi) is 4.98. The van der Waals surface area contributed by atoms with E-state index in [2.05, 4.69) is 80.2 Å². The van der Waals surface area contributed by atoms with E-state index in [4.69, 9.17) is 5.10 Å². The molecule has 3 atom stereocenters. The number of rotatable bonds is 5.